The molecule has 122 valence electrons. The molecule has 1 aromatic carbocycles. The summed E-state index contributed by atoms with van der Waals surface area (Å²) in [5.41, 5.74) is 0.442. The molecule has 0 saturated carbocycles. The molecule has 0 fully saturated rings. The number of carbonyl (C=O) groups is 2. The van der Waals surface area contributed by atoms with E-state index in [2.05, 4.69) is 5.32 Å². The van der Waals surface area contributed by atoms with E-state index in [-0.39, 0.29) is 17.1 Å². The molecule has 0 radical (unpaired) electrons. The summed E-state index contributed by atoms with van der Waals surface area (Å²) in [6.45, 7) is 4.07. The van der Waals surface area contributed by atoms with Crippen LogP contribution in [0.15, 0.2) is 28.7 Å². The molecule has 0 aliphatic rings. The normalized spacial score (nSPS) is 10.4. The minimum absolute atomic E-state index is 0.0117. The number of carboxylic acid groups (broad SMARTS) is 1. The van der Waals surface area contributed by atoms with Gasteiger partial charge in [-0.1, -0.05) is 18.5 Å². The van der Waals surface area contributed by atoms with Crippen LogP contribution in [0, 0.1) is 0 Å². The summed E-state index contributed by atoms with van der Waals surface area (Å²) in [6, 6.07) is 6.04. The molecular formula is C16H16ClNO5. The number of halogens is 1. The van der Waals surface area contributed by atoms with E-state index in [9.17, 15) is 9.59 Å². The summed E-state index contributed by atoms with van der Waals surface area (Å²) in [6.07, 6.45) is 0.379. The van der Waals surface area contributed by atoms with Crippen LogP contribution in [0.4, 0.5) is 5.69 Å². The van der Waals surface area contributed by atoms with Crippen molar-refractivity contribution in [2.45, 2.75) is 20.3 Å². The zero-order chi connectivity index (χ0) is 17.0. The summed E-state index contributed by atoms with van der Waals surface area (Å²) in [5, 5.41) is 12.0. The van der Waals surface area contributed by atoms with E-state index in [1.807, 2.05) is 6.92 Å². The second kappa shape index (κ2) is 7.19. The highest BCUT2D eigenvalue weighted by molar-refractivity contribution is 6.32. The zero-order valence-corrected chi connectivity index (χ0v) is 13.4. The van der Waals surface area contributed by atoms with Crippen LogP contribution in [0.5, 0.6) is 5.75 Å². The van der Waals surface area contributed by atoms with Gasteiger partial charge in [0, 0.05) is 18.2 Å². The van der Waals surface area contributed by atoms with Crippen molar-refractivity contribution < 1.29 is 23.8 Å². The van der Waals surface area contributed by atoms with Crippen molar-refractivity contribution in [3.05, 3.63) is 46.4 Å². The molecule has 7 heteroatoms. The lowest BCUT2D eigenvalue weighted by Crippen LogP contribution is -2.11. The minimum Gasteiger partial charge on any atom is -0.492 e. The number of carboxylic acids is 1. The Morgan fingerprint density at radius 1 is 1.30 bits per heavy atom. The Kier molecular flexibility index (Phi) is 5.28. The number of aryl methyl sites for hydroxylation is 1. The van der Waals surface area contributed by atoms with Crippen LogP contribution < -0.4 is 10.1 Å². The van der Waals surface area contributed by atoms with Crippen LogP contribution >= 0.6 is 11.6 Å². The minimum atomic E-state index is -1.13. The number of aromatic carboxylic acids is 1. The molecule has 0 aliphatic carbocycles. The van der Waals surface area contributed by atoms with Crippen LogP contribution in [0.2, 0.25) is 5.02 Å². The first-order valence-corrected chi connectivity index (χ1v) is 7.43. The first kappa shape index (κ1) is 16.9. The van der Waals surface area contributed by atoms with Gasteiger partial charge in [0.25, 0.3) is 5.91 Å². The summed E-state index contributed by atoms with van der Waals surface area (Å²) >= 11 is 6.05. The first-order valence-electron chi connectivity index (χ1n) is 7.06. The second-order valence-corrected chi connectivity index (χ2v) is 5.05. The third kappa shape index (κ3) is 3.84. The molecule has 0 saturated heterocycles. The number of carbonyl (C=O) groups excluding carboxylic acids is 1. The van der Waals surface area contributed by atoms with Crippen molar-refractivity contribution >= 4 is 29.2 Å². The highest BCUT2D eigenvalue weighted by Crippen LogP contribution is 2.28. The van der Waals surface area contributed by atoms with Gasteiger partial charge < -0.3 is 19.6 Å². The molecule has 0 atom stereocenters. The van der Waals surface area contributed by atoms with Gasteiger partial charge in [0.05, 0.1) is 11.6 Å². The van der Waals surface area contributed by atoms with Crippen molar-refractivity contribution in [3.63, 3.8) is 0 Å². The van der Waals surface area contributed by atoms with Crippen LogP contribution in [0.3, 0.4) is 0 Å². The van der Waals surface area contributed by atoms with Crippen LogP contribution in [-0.4, -0.2) is 23.6 Å². The van der Waals surface area contributed by atoms with Gasteiger partial charge in [-0.05, 0) is 25.1 Å². The van der Waals surface area contributed by atoms with Gasteiger partial charge in [-0.3, -0.25) is 4.79 Å². The van der Waals surface area contributed by atoms with Crippen LogP contribution in [0.25, 0.3) is 0 Å². The second-order valence-electron chi connectivity index (χ2n) is 4.64. The Labute approximate surface area is 138 Å². The third-order valence-corrected chi connectivity index (χ3v) is 3.37. The monoisotopic (exact) mass is 337 g/mol. The van der Waals surface area contributed by atoms with Crippen molar-refractivity contribution in [2.75, 3.05) is 11.9 Å². The highest BCUT2D eigenvalue weighted by Gasteiger charge is 2.20. The van der Waals surface area contributed by atoms with Crippen molar-refractivity contribution in [1.82, 2.24) is 0 Å². The maximum atomic E-state index is 12.2. The standard InChI is InChI=1S/C16H16ClNO5/c1-3-12-10(16(20)21)8-14(23-12)15(19)18-9-5-6-13(22-4-2)11(17)7-9/h5-8H,3-4H2,1-2H3,(H,18,19)(H,20,21). The third-order valence-electron chi connectivity index (χ3n) is 3.07. The largest absolute Gasteiger partial charge is 0.492 e. The van der Waals surface area contributed by atoms with Gasteiger partial charge >= 0.3 is 5.97 Å². The molecule has 23 heavy (non-hydrogen) atoms. The Morgan fingerprint density at radius 2 is 2.04 bits per heavy atom. The SMILES string of the molecule is CCOc1ccc(NC(=O)c2cc(C(=O)O)c(CC)o2)cc1Cl. The number of nitrogens with one attached hydrogen (secondary N) is 1. The summed E-state index contributed by atoms with van der Waals surface area (Å²) in [5.74, 6) is -0.968. The molecule has 0 unspecified atom stereocenters. The van der Waals surface area contributed by atoms with E-state index in [4.69, 9.17) is 25.9 Å². The Balaban J connectivity index is 2.19. The number of hydrogen-bond acceptors (Lipinski definition) is 4. The van der Waals surface area contributed by atoms with E-state index in [0.29, 0.717) is 29.5 Å². The molecule has 0 aliphatic heterocycles. The molecule has 2 rings (SSSR count). The molecular weight excluding hydrogens is 322 g/mol. The predicted octanol–water partition coefficient (Wildman–Crippen LogP) is 3.84. The van der Waals surface area contributed by atoms with E-state index in [1.165, 1.54) is 6.07 Å². The smallest absolute Gasteiger partial charge is 0.339 e. The number of anilines is 1. The van der Waals surface area contributed by atoms with Gasteiger partial charge in [0.15, 0.2) is 5.76 Å². The van der Waals surface area contributed by atoms with E-state index in [1.54, 1.807) is 25.1 Å². The Hall–Kier alpha value is -2.47. The summed E-state index contributed by atoms with van der Waals surface area (Å²) in [4.78, 5) is 23.3. The number of benzene rings is 1. The summed E-state index contributed by atoms with van der Waals surface area (Å²) < 4.78 is 10.6. The molecule has 1 amide bonds. The van der Waals surface area contributed by atoms with Gasteiger partial charge in [-0.2, -0.15) is 0 Å². The molecule has 6 nitrogen and oxygen atoms in total. The van der Waals surface area contributed by atoms with Crippen molar-refractivity contribution in [1.29, 1.82) is 0 Å². The van der Waals surface area contributed by atoms with Gasteiger partial charge in [-0.15, -0.1) is 0 Å². The molecule has 1 heterocycles. The average Bonchev–Trinajstić information content (AvgIpc) is 2.95. The fourth-order valence-electron chi connectivity index (χ4n) is 2.03. The predicted molar refractivity (Wildman–Crippen MR) is 85.6 cm³/mol. The number of rotatable bonds is 6. The van der Waals surface area contributed by atoms with Gasteiger partial charge in [-0.25, -0.2) is 4.79 Å². The number of amides is 1. The van der Waals surface area contributed by atoms with E-state index in [0.717, 1.165) is 0 Å². The average molecular weight is 338 g/mol. The highest BCUT2D eigenvalue weighted by atomic mass is 35.5. The fourth-order valence-corrected chi connectivity index (χ4v) is 2.26. The molecule has 2 aromatic rings. The lowest BCUT2D eigenvalue weighted by atomic mass is 10.2. The Bertz CT molecular complexity index is 738. The van der Waals surface area contributed by atoms with Gasteiger partial charge in [0.1, 0.15) is 17.1 Å². The first-order chi connectivity index (χ1) is 11.0. The van der Waals surface area contributed by atoms with E-state index >= 15 is 0 Å². The molecule has 0 bridgehead atoms. The lowest BCUT2D eigenvalue weighted by Gasteiger charge is -2.08. The summed E-state index contributed by atoms with van der Waals surface area (Å²) in [7, 11) is 0. The van der Waals surface area contributed by atoms with Crippen LogP contribution in [0.1, 0.15) is 40.5 Å². The molecule has 2 N–H and O–H groups in total. The van der Waals surface area contributed by atoms with Crippen LogP contribution in [-0.2, 0) is 6.42 Å². The van der Waals surface area contributed by atoms with Gasteiger partial charge in [0.2, 0.25) is 0 Å². The number of hydrogen-bond donors (Lipinski definition) is 2. The maximum Gasteiger partial charge on any atom is 0.339 e. The quantitative estimate of drug-likeness (QED) is 0.835. The lowest BCUT2D eigenvalue weighted by molar-refractivity contribution is 0.0694. The van der Waals surface area contributed by atoms with E-state index < -0.39 is 11.9 Å². The fraction of sp³-hybridized carbons (Fsp3) is 0.250. The molecule has 0 spiro atoms. The number of furan rings is 1. The maximum absolute atomic E-state index is 12.2. The topological polar surface area (TPSA) is 88.8 Å². The molecule has 1 aromatic heterocycles. The van der Waals surface area contributed by atoms with Crippen molar-refractivity contribution in [2.24, 2.45) is 0 Å². The zero-order valence-electron chi connectivity index (χ0n) is 12.7. The van der Waals surface area contributed by atoms with Crippen molar-refractivity contribution in [3.8, 4) is 5.75 Å². The number of ether oxygens (including phenoxy) is 1. The Morgan fingerprint density at radius 3 is 2.57 bits per heavy atom.